The van der Waals surface area contributed by atoms with Crippen LogP contribution in [0.25, 0.3) is 0 Å². The van der Waals surface area contributed by atoms with Gasteiger partial charge in [0.1, 0.15) is 5.75 Å². The Morgan fingerprint density at radius 3 is 2.48 bits per heavy atom. The van der Waals surface area contributed by atoms with E-state index in [1.165, 1.54) is 12.1 Å². The highest BCUT2D eigenvalue weighted by Gasteiger charge is 2.41. The number of benzene rings is 1. The maximum atomic E-state index is 12.2. The first kappa shape index (κ1) is 16.1. The second kappa shape index (κ2) is 6.23. The fourth-order valence-electron chi connectivity index (χ4n) is 3.17. The van der Waals surface area contributed by atoms with E-state index in [1.807, 2.05) is 7.05 Å². The Labute approximate surface area is 122 Å². The summed E-state index contributed by atoms with van der Waals surface area (Å²) < 4.78 is 40.4. The smallest absolute Gasteiger partial charge is 0.406 e. The molecule has 0 amide bonds. The van der Waals surface area contributed by atoms with Crippen molar-refractivity contribution < 1.29 is 23.0 Å². The van der Waals surface area contributed by atoms with Crippen LogP contribution in [-0.4, -0.2) is 31.2 Å². The van der Waals surface area contributed by atoms with E-state index in [0.717, 1.165) is 24.8 Å². The molecule has 2 N–H and O–H groups in total. The predicted octanol–water partition coefficient (Wildman–Crippen LogP) is 2.98. The van der Waals surface area contributed by atoms with Crippen LogP contribution in [0.1, 0.15) is 31.2 Å². The summed E-state index contributed by atoms with van der Waals surface area (Å²) in [5.74, 6) is -0.240. The molecule has 0 aliphatic heterocycles. The van der Waals surface area contributed by atoms with Crippen LogP contribution in [-0.2, 0) is 5.41 Å². The van der Waals surface area contributed by atoms with Gasteiger partial charge in [-0.3, -0.25) is 0 Å². The summed E-state index contributed by atoms with van der Waals surface area (Å²) in [4.78, 5) is 0. The minimum Gasteiger partial charge on any atom is -0.406 e. The number of halogens is 3. The SMILES string of the molecule is CNC[C@@]1(c2ccc(OC(F)(F)F)cc2)CCCC[C@H]1O. The number of nitrogens with one attached hydrogen (secondary N) is 1. The molecule has 1 aliphatic carbocycles. The summed E-state index contributed by atoms with van der Waals surface area (Å²) in [6.45, 7) is 0.591. The van der Waals surface area contributed by atoms with Crippen molar-refractivity contribution in [3.05, 3.63) is 29.8 Å². The number of aliphatic hydroxyl groups is 1. The molecule has 1 aromatic rings. The first-order valence-corrected chi connectivity index (χ1v) is 7.06. The van der Waals surface area contributed by atoms with Crippen LogP contribution in [0.5, 0.6) is 5.75 Å². The highest BCUT2D eigenvalue weighted by molar-refractivity contribution is 5.34. The van der Waals surface area contributed by atoms with Crippen LogP contribution in [0.2, 0.25) is 0 Å². The molecule has 118 valence electrons. The number of rotatable bonds is 4. The van der Waals surface area contributed by atoms with Crippen molar-refractivity contribution in [2.24, 2.45) is 0 Å². The third-order valence-electron chi connectivity index (χ3n) is 4.14. The van der Waals surface area contributed by atoms with Crippen LogP contribution < -0.4 is 10.1 Å². The fraction of sp³-hybridized carbons (Fsp3) is 0.600. The van der Waals surface area contributed by atoms with Crippen LogP contribution in [0.4, 0.5) is 13.2 Å². The summed E-state index contributed by atoms with van der Waals surface area (Å²) in [6.07, 6.45) is -1.68. The Kier molecular flexibility index (Phi) is 4.78. The molecule has 0 heterocycles. The summed E-state index contributed by atoms with van der Waals surface area (Å²) >= 11 is 0. The number of ether oxygens (including phenoxy) is 1. The van der Waals surface area contributed by atoms with E-state index in [9.17, 15) is 18.3 Å². The van der Waals surface area contributed by atoms with Gasteiger partial charge >= 0.3 is 6.36 Å². The average Bonchev–Trinajstić information content (AvgIpc) is 2.41. The quantitative estimate of drug-likeness (QED) is 0.898. The highest BCUT2D eigenvalue weighted by Crippen LogP contribution is 2.40. The first-order chi connectivity index (χ1) is 9.87. The van der Waals surface area contributed by atoms with Crippen molar-refractivity contribution >= 4 is 0 Å². The molecule has 1 aromatic carbocycles. The molecular weight excluding hydrogens is 283 g/mol. The monoisotopic (exact) mass is 303 g/mol. The van der Waals surface area contributed by atoms with Gasteiger partial charge in [-0.05, 0) is 37.6 Å². The number of hydrogen-bond donors (Lipinski definition) is 2. The van der Waals surface area contributed by atoms with E-state index in [-0.39, 0.29) is 5.75 Å². The van der Waals surface area contributed by atoms with Crippen molar-refractivity contribution in [3.8, 4) is 5.75 Å². The van der Waals surface area contributed by atoms with Gasteiger partial charge in [0.15, 0.2) is 0 Å². The molecule has 2 atom stereocenters. The third kappa shape index (κ3) is 3.68. The molecule has 0 unspecified atom stereocenters. The fourth-order valence-corrected chi connectivity index (χ4v) is 3.17. The molecule has 6 heteroatoms. The molecular formula is C15H20F3NO2. The van der Waals surface area contributed by atoms with Crippen molar-refractivity contribution in [1.29, 1.82) is 0 Å². The van der Waals surface area contributed by atoms with E-state index < -0.39 is 17.9 Å². The number of likely N-dealkylation sites (N-methyl/N-ethyl adjacent to an activating group) is 1. The zero-order chi connectivity index (χ0) is 15.5. The largest absolute Gasteiger partial charge is 0.573 e. The predicted molar refractivity (Wildman–Crippen MR) is 73.2 cm³/mol. The zero-order valence-corrected chi connectivity index (χ0v) is 11.9. The molecule has 2 rings (SSSR count). The minimum atomic E-state index is -4.69. The van der Waals surface area contributed by atoms with E-state index in [4.69, 9.17) is 0 Å². The first-order valence-electron chi connectivity index (χ1n) is 7.06. The van der Waals surface area contributed by atoms with E-state index >= 15 is 0 Å². The summed E-state index contributed by atoms with van der Waals surface area (Å²) in [5, 5.41) is 13.5. The van der Waals surface area contributed by atoms with Gasteiger partial charge in [0.05, 0.1) is 6.10 Å². The molecule has 0 radical (unpaired) electrons. The van der Waals surface area contributed by atoms with Gasteiger partial charge in [0.25, 0.3) is 0 Å². The van der Waals surface area contributed by atoms with Crippen LogP contribution in [0.15, 0.2) is 24.3 Å². The van der Waals surface area contributed by atoms with Gasteiger partial charge in [0, 0.05) is 12.0 Å². The summed E-state index contributed by atoms with van der Waals surface area (Å²) in [5.41, 5.74) is 0.405. The second-order valence-electron chi connectivity index (χ2n) is 5.52. The Balaban J connectivity index is 2.25. The van der Waals surface area contributed by atoms with E-state index in [1.54, 1.807) is 12.1 Å². The lowest BCUT2D eigenvalue weighted by Gasteiger charge is -2.42. The normalized spacial score (nSPS) is 26.6. The van der Waals surface area contributed by atoms with Gasteiger partial charge in [-0.25, -0.2) is 0 Å². The summed E-state index contributed by atoms with van der Waals surface area (Å²) in [7, 11) is 1.81. The van der Waals surface area contributed by atoms with E-state index in [2.05, 4.69) is 10.1 Å². The molecule has 0 bridgehead atoms. The maximum Gasteiger partial charge on any atom is 0.573 e. The zero-order valence-electron chi connectivity index (χ0n) is 11.9. The standard InChI is InChI=1S/C15H20F3NO2/c1-19-10-14(9-3-2-4-13(14)20)11-5-7-12(8-6-11)21-15(16,17)18/h5-8,13,19-20H,2-4,9-10H2,1H3/t13-,14-/m1/s1. The maximum absolute atomic E-state index is 12.2. The van der Waals surface area contributed by atoms with E-state index in [0.29, 0.717) is 13.0 Å². The second-order valence-corrected chi connectivity index (χ2v) is 5.52. The third-order valence-corrected chi connectivity index (χ3v) is 4.14. The Morgan fingerprint density at radius 1 is 1.29 bits per heavy atom. The molecule has 0 saturated heterocycles. The van der Waals surface area contributed by atoms with Crippen molar-refractivity contribution in [2.75, 3.05) is 13.6 Å². The average molecular weight is 303 g/mol. The lowest BCUT2D eigenvalue weighted by atomic mass is 9.67. The Bertz CT molecular complexity index is 457. The lowest BCUT2D eigenvalue weighted by Crippen LogP contribution is -2.48. The van der Waals surface area contributed by atoms with Crippen molar-refractivity contribution in [1.82, 2.24) is 5.32 Å². The van der Waals surface area contributed by atoms with Gasteiger partial charge in [-0.15, -0.1) is 13.2 Å². The number of hydrogen-bond acceptors (Lipinski definition) is 3. The molecule has 1 aliphatic rings. The molecule has 3 nitrogen and oxygen atoms in total. The number of alkyl halides is 3. The molecule has 21 heavy (non-hydrogen) atoms. The Morgan fingerprint density at radius 2 is 1.95 bits per heavy atom. The topological polar surface area (TPSA) is 41.5 Å². The van der Waals surface area contributed by atoms with Crippen LogP contribution >= 0.6 is 0 Å². The van der Waals surface area contributed by atoms with Crippen molar-refractivity contribution in [3.63, 3.8) is 0 Å². The molecule has 0 spiro atoms. The molecule has 1 saturated carbocycles. The van der Waals surface area contributed by atoms with Crippen molar-refractivity contribution in [2.45, 2.75) is 43.6 Å². The Hall–Kier alpha value is -1.27. The van der Waals surface area contributed by atoms with Gasteiger partial charge < -0.3 is 15.2 Å². The van der Waals surface area contributed by atoms with Crippen LogP contribution in [0.3, 0.4) is 0 Å². The number of aliphatic hydroxyl groups excluding tert-OH is 1. The van der Waals surface area contributed by atoms with Gasteiger partial charge in [-0.1, -0.05) is 25.0 Å². The highest BCUT2D eigenvalue weighted by atomic mass is 19.4. The van der Waals surface area contributed by atoms with Crippen LogP contribution in [0, 0.1) is 0 Å². The molecule has 1 fully saturated rings. The van der Waals surface area contributed by atoms with Gasteiger partial charge in [0.2, 0.25) is 0 Å². The lowest BCUT2D eigenvalue weighted by molar-refractivity contribution is -0.274. The summed E-state index contributed by atoms with van der Waals surface area (Å²) in [6, 6.07) is 5.85. The minimum absolute atomic E-state index is 0.240. The molecule has 0 aromatic heterocycles. The van der Waals surface area contributed by atoms with Gasteiger partial charge in [-0.2, -0.15) is 0 Å².